The molecule has 1 unspecified atom stereocenters. The van der Waals surface area contributed by atoms with Gasteiger partial charge in [0, 0.05) is 25.6 Å². The van der Waals surface area contributed by atoms with Crippen LogP contribution in [0, 0.1) is 11.8 Å². The van der Waals surface area contributed by atoms with Crippen LogP contribution in [0.2, 0.25) is 0 Å². The van der Waals surface area contributed by atoms with E-state index < -0.39 is 0 Å². The number of rotatable bonds is 6. The first-order valence-corrected chi connectivity index (χ1v) is 9.31. The van der Waals surface area contributed by atoms with Gasteiger partial charge in [-0.05, 0) is 63.3 Å². The number of piperidine rings is 1. The summed E-state index contributed by atoms with van der Waals surface area (Å²) >= 11 is 0. The number of hydrogen-bond donors (Lipinski definition) is 1. The van der Waals surface area contributed by atoms with Gasteiger partial charge >= 0.3 is 0 Å². The Morgan fingerprint density at radius 2 is 1.71 bits per heavy atom. The van der Waals surface area contributed by atoms with Crippen LogP contribution in [0.25, 0.3) is 0 Å². The maximum atomic E-state index is 11.8. The number of hydrogen-bond acceptors (Lipinski definition) is 2. The van der Waals surface area contributed by atoms with E-state index in [1.807, 2.05) is 0 Å². The van der Waals surface area contributed by atoms with Crippen LogP contribution in [-0.4, -0.2) is 36.5 Å². The highest BCUT2D eigenvalue weighted by atomic mass is 16.1. The minimum absolute atomic E-state index is 0.293. The van der Waals surface area contributed by atoms with Crippen molar-refractivity contribution in [3.05, 3.63) is 0 Å². The molecule has 0 aromatic rings. The molecule has 3 heteroatoms. The molecule has 3 aliphatic rings. The topological polar surface area (TPSA) is 32.3 Å². The largest absolute Gasteiger partial charge is 0.353 e. The number of nitrogens with zero attached hydrogens (tertiary/aromatic N) is 1. The van der Waals surface area contributed by atoms with Crippen LogP contribution < -0.4 is 5.32 Å². The van der Waals surface area contributed by atoms with Crippen LogP contribution >= 0.6 is 0 Å². The molecule has 3 nitrogen and oxygen atoms in total. The van der Waals surface area contributed by atoms with Gasteiger partial charge in [0.15, 0.2) is 0 Å². The smallest absolute Gasteiger partial charge is 0.220 e. The van der Waals surface area contributed by atoms with Gasteiger partial charge in [-0.25, -0.2) is 0 Å². The predicted octanol–water partition coefficient (Wildman–Crippen LogP) is 3.34. The Morgan fingerprint density at radius 3 is 2.48 bits per heavy atom. The van der Waals surface area contributed by atoms with Crippen molar-refractivity contribution in [2.75, 3.05) is 19.6 Å². The summed E-state index contributed by atoms with van der Waals surface area (Å²) < 4.78 is 0. The quantitative estimate of drug-likeness (QED) is 0.814. The average molecular weight is 292 g/mol. The van der Waals surface area contributed by atoms with E-state index in [4.69, 9.17) is 0 Å². The third-order valence-corrected chi connectivity index (χ3v) is 5.57. The SMILES string of the molecule is O=C(CCC1CCCN(CC2CCCCC2)C1)NC1CC1. The Balaban J connectivity index is 1.34. The predicted molar refractivity (Wildman–Crippen MR) is 86.1 cm³/mol. The van der Waals surface area contributed by atoms with Gasteiger partial charge in [-0.2, -0.15) is 0 Å². The van der Waals surface area contributed by atoms with E-state index in [-0.39, 0.29) is 0 Å². The third-order valence-electron chi connectivity index (χ3n) is 5.57. The molecule has 1 N–H and O–H groups in total. The summed E-state index contributed by atoms with van der Waals surface area (Å²) in [5.74, 6) is 2.00. The minimum Gasteiger partial charge on any atom is -0.353 e. The molecule has 120 valence electrons. The van der Waals surface area contributed by atoms with Crippen molar-refractivity contribution in [3.8, 4) is 0 Å². The third kappa shape index (κ3) is 5.28. The van der Waals surface area contributed by atoms with Crippen molar-refractivity contribution in [2.24, 2.45) is 11.8 Å². The van der Waals surface area contributed by atoms with E-state index in [1.165, 1.54) is 77.4 Å². The highest BCUT2D eigenvalue weighted by Crippen LogP contribution is 2.27. The van der Waals surface area contributed by atoms with Crippen LogP contribution in [0.15, 0.2) is 0 Å². The van der Waals surface area contributed by atoms with Crippen molar-refractivity contribution in [1.82, 2.24) is 10.2 Å². The molecule has 0 aromatic heterocycles. The minimum atomic E-state index is 0.293. The molecular formula is C18H32N2O. The zero-order chi connectivity index (χ0) is 14.5. The van der Waals surface area contributed by atoms with E-state index in [9.17, 15) is 4.79 Å². The number of likely N-dealkylation sites (tertiary alicyclic amines) is 1. The maximum Gasteiger partial charge on any atom is 0.220 e. The van der Waals surface area contributed by atoms with Gasteiger partial charge in [0.2, 0.25) is 5.91 Å². The van der Waals surface area contributed by atoms with E-state index in [0.29, 0.717) is 11.9 Å². The van der Waals surface area contributed by atoms with E-state index in [0.717, 1.165) is 24.7 Å². The summed E-state index contributed by atoms with van der Waals surface area (Å²) in [6, 6.07) is 0.520. The van der Waals surface area contributed by atoms with Gasteiger partial charge in [0.1, 0.15) is 0 Å². The molecule has 1 heterocycles. The van der Waals surface area contributed by atoms with E-state index in [1.54, 1.807) is 0 Å². The molecule has 21 heavy (non-hydrogen) atoms. The van der Waals surface area contributed by atoms with Crippen molar-refractivity contribution in [2.45, 2.75) is 76.7 Å². The van der Waals surface area contributed by atoms with Crippen molar-refractivity contribution >= 4 is 5.91 Å². The molecule has 0 radical (unpaired) electrons. The Bertz CT molecular complexity index is 334. The first kappa shape index (κ1) is 15.3. The molecule has 2 aliphatic carbocycles. The monoisotopic (exact) mass is 292 g/mol. The Labute approximate surface area is 129 Å². The summed E-state index contributed by atoms with van der Waals surface area (Å²) in [7, 11) is 0. The summed E-state index contributed by atoms with van der Waals surface area (Å²) in [6.45, 7) is 3.86. The molecule has 1 atom stereocenters. The molecular weight excluding hydrogens is 260 g/mol. The molecule has 1 saturated heterocycles. The lowest BCUT2D eigenvalue weighted by Crippen LogP contribution is -2.39. The van der Waals surface area contributed by atoms with Gasteiger partial charge in [-0.15, -0.1) is 0 Å². The lowest BCUT2D eigenvalue weighted by Gasteiger charge is -2.36. The van der Waals surface area contributed by atoms with Crippen molar-refractivity contribution in [1.29, 1.82) is 0 Å². The molecule has 1 aliphatic heterocycles. The van der Waals surface area contributed by atoms with Gasteiger partial charge in [-0.3, -0.25) is 4.79 Å². The van der Waals surface area contributed by atoms with Crippen molar-refractivity contribution < 1.29 is 4.79 Å². The van der Waals surface area contributed by atoms with Gasteiger partial charge in [-0.1, -0.05) is 19.3 Å². The van der Waals surface area contributed by atoms with Crippen LogP contribution in [-0.2, 0) is 4.79 Å². The number of carbonyl (C=O) groups is 1. The van der Waals surface area contributed by atoms with Crippen LogP contribution in [0.5, 0.6) is 0 Å². The second-order valence-electron chi connectivity index (χ2n) is 7.65. The molecule has 2 saturated carbocycles. The molecule has 0 bridgehead atoms. The second-order valence-corrected chi connectivity index (χ2v) is 7.65. The number of nitrogens with one attached hydrogen (secondary N) is 1. The normalized spacial score (nSPS) is 28.5. The van der Waals surface area contributed by atoms with Gasteiger partial charge < -0.3 is 10.2 Å². The second kappa shape index (κ2) is 7.62. The fraction of sp³-hybridized carbons (Fsp3) is 0.944. The van der Waals surface area contributed by atoms with E-state index >= 15 is 0 Å². The lowest BCUT2D eigenvalue weighted by molar-refractivity contribution is -0.121. The van der Waals surface area contributed by atoms with E-state index in [2.05, 4.69) is 10.2 Å². The highest BCUT2D eigenvalue weighted by molar-refractivity contribution is 5.76. The molecule has 1 amide bonds. The molecule has 0 spiro atoms. The lowest BCUT2D eigenvalue weighted by atomic mass is 9.87. The summed E-state index contributed by atoms with van der Waals surface area (Å²) in [5, 5.41) is 3.12. The fourth-order valence-corrected chi connectivity index (χ4v) is 4.15. The fourth-order valence-electron chi connectivity index (χ4n) is 4.15. The standard InChI is InChI=1S/C18H32N2O/c21-18(19-17-9-10-17)11-8-16-7-4-12-20(14-16)13-15-5-2-1-3-6-15/h15-17H,1-14H2,(H,19,21). The number of carbonyl (C=O) groups excluding carboxylic acids is 1. The molecule has 0 aromatic carbocycles. The zero-order valence-electron chi connectivity index (χ0n) is 13.5. The number of amides is 1. The summed E-state index contributed by atoms with van der Waals surface area (Å²) in [4.78, 5) is 14.5. The van der Waals surface area contributed by atoms with Gasteiger partial charge in [0.25, 0.3) is 0 Å². The first-order valence-electron chi connectivity index (χ1n) is 9.31. The maximum absolute atomic E-state index is 11.8. The zero-order valence-corrected chi connectivity index (χ0v) is 13.5. The summed E-state index contributed by atoms with van der Waals surface area (Å²) in [5.41, 5.74) is 0. The van der Waals surface area contributed by atoms with Crippen LogP contribution in [0.4, 0.5) is 0 Å². The summed E-state index contributed by atoms with van der Waals surface area (Å²) in [6.07, 6.45) is 14.2. The van der Waals surface area contributed by atoms with Crippen LogP contribution in [0.1, 0.15) is 70.6 Å². The average Bonchev–Trinajstić information content (AvgIpc) is 3.31. The molecule has 3 fully saturated rings. The van der Waals surface area contributed by atoms with Gasteiger partial charge in [0.05, 0.1) is 0 Å². The Hall–Kier alpha value is -0.570. The van der Waals surface area contributed by atoms with Crippen LogP contribution in [0.3, 0.4) is 0 Å². The van der Waals surface area contributed by atoms with Crippen molar-refractivity contribution in [3.63, 3.8) is 0 Å². The Morgan fingerprint density at radius 1 is 0.952 bits per heavy atom. The molecule has 3 rings (SSSR count). The highest BCUT2D eigenvalue weighted by Gasteiger charge is 2.26. The first-order chi connectivity index (χ1) is 10.3. The Kier molecular flexibility index (Phi) is 5.56.